The SMILES string of the molecule is COC(=O)Nc1ccc(-c2cnc3ccc(N(CCC#N)C(=O)c4ccc(F)cc4)cn23)cn1. The average Bonchev–Trinajstić information content (AvgIpc) is 3.28. The zero-order chi connectivity index (χ0) is 24.1. The minimum absolute atomic E-state index is 0.125. The van der Waals surface area contributed by atoms with E-state index in [1.807, 2.05) is 0 Å². The highest BCUT2D eigenvalue weighted by atomic mass is 19.1. The highest BCUT2D eigenvalue weighted by Gasteiger charge is 2.19. The molecule has 0 atom stereocenters. The van der Waals surface area contributed by atoms with Gasteiger partial charge >= 0.3 is 6.09 Å². The van der Waals surface area contributed by atoms with Crippen LogP contribution >= 0.6 is 0 Å². The predicted octanol–water partition coefficient (Wildman–Crippen LogP) is 4.27. The van der Waals surface area contributed by atoms with Crippen molar-refractivity contribution in [2.24, 2.45) is 0 Å². The van der Waals surface area contributed by atoms with Gasteiger partial charge in [0.25, 0.3) is 5.91 Å². The Labute approximate surface area is 194 Å². The molecule has 9 nitrogen and oxygen atoms in total. The number of ether oxygens (including phenoxy) is 1. The minimum Gasteiger partial charge on any atom is -0.453 e. The summed E-state index contributed by atoms with van der Waals surface area (Å²) in [6, 6.07) is 14.2. The fourth-order valence-corrected chi connectivity index (χ4v) is 3.38. The van der Waals surface area contributed by atoms with Gasteiger partial charge in [0.05, 0.1) is 37.2 Å². The first-order chi connectivity index (χ1) is 16.5. The van der Waals surface area contributed by atoms with E-state index in [1.165, 1.54) is 36.3 Å². The number of imidazole rings is 1. The Morgan fingerprint density at radius 2 is 1.91 bits per heavy atom. The van der Waals surface area contributed by atoms with E-state index in [4.69, 9.17) is 5.26 Å². The van der Waals surface area contributed by atoms with Gasteiger partial charge in [0.15, 0.2) is 0 Å². The molecule has 0 unspecified atom stereocenters. The molecule has 10 heteroatoms. The molecule has 0 bridgehead atoms. The second-order valence-corrected chi connectivity index (χ2v) is 7.18. The third-order valence-corrected chi connectivity index (χ3v) is 5.06. The van der Waals surface area contributed by atoms with Crippen LogP contribution in [0.5, 0.6) is 0 Å². The first kappa shape index (κ1) is 22.4. The number of aromatic nitrogens is 3. The van der Waals surface area contributed by atoms with Gasteiger partial charge < -0.3 is 9.64 Å². The smallest absolute Gasteiger partial charge is 0.412 e. The summed E-state index contributed by atoms with van der Waals surface area (Å²) in [5.74, 6) is -0.458. The Morgan fingerprint density at radius 3 is 2.59 bits per heavy atom. The molecule has 4 rings (SSSR count). The molecule has 0 saturated heterocycles. The summed E-state index contributed by atoms with van der Waals surface area (Å²) < 4.78 is 19.7. The van der Waals surface area contributed by atoms with E-state index in [-0.39, 0.29) is 18.9 Å². The number of amides is 2. The van der Waals surface area contributed by atoms with Crippen molar-refractivity contribution in [2.75, 3.05) is 23.9 Å². The normalized spacial score (nSPS) is 10.5. The largest absolute Gasteiger partial charge is 0.453 e. The Morgan fingerprint density at radius 1 is 1.12 bits per heavy atom. The summed E-state index contributed by atoms with van der Waals surface area (Å²) in [6.45, 7) is 0.164. The van der Waals surface area contributed by atoms with Crippen LogP contribution in [0.15, 0.2) is 67.1 Å². The van der Waals surface area contributed by atoms with Crippen molar-refractivity contribution >= 4 is 29.2 Å². The van der Waals surface area contributed by atoms with Crippen LogP contribution in [0.4, 0.5) is 20.7 Å². The summed E-state index contributed by atoms with van der Waals surface area (Å²) in [6.07, 6.45) is 4.50. The highest BCUT2D eigenvalue weighted by molar-refractivity contribution is 6.06. The third-order valence-electron chi connectivity index (χ3n) is 5.06. The molecule has 1 N–H and O–H groups in total. The molecule has 0 aliphatic heterocycles. The number of carbonyl (C=O) groups excluding carboxylic acids is 2. The van der Waals surface area contributed by atoms with Crippen molar-refractivity contribution in [1.29, 1.82) is 5.26 Å². The lowest BCUT2D eigenvalue weighted by atomic mass is 10.1. The van der Waals surface area contributed by atoms with E-state index in [2.05, 4.69) is 26.1 Å². The van der Waals surface area contributed by atoms with Crippen molar-refractivity contribution in [1.82, 2.24) is 14.4 Å². The van der Waals surface area contributed by atoms with Gasteiger partial charge in [0.1, 0.15) is 17.3 Å². The maximum Gasteiger partial charge on any atom is 0.412 e. The molecule has 1 aromatic carbocycles. The van der Waals surface area contributed by atoms with Crippen molar-refractivity contribution < 1.29 is 18.7 Å². The lowest BCUT2D eigenvalue weighted by Crippen LogP contribution is -2.32. The number of rotatable bonds is 6. The van der Waals surface area contributed by atoms with E-state index in [9.17, 15) is 14.0 Å². The number of anilines is 2. The standard InChI is InChI=1S/C24H19FN6O3/c1-34-24(33)29-21-9-5-17(13-27-21)20-14-28-22-10-8-19(15-31(20)22)30(12-2-11-26)23(32)16-3-6-18(25)7-4-16/h3-10,13-15H,2,12H2,1H3,(H,27,29,33). The number of nitrogens with one attached hydrogen (secondary N) is 1. The second kappa shape index (κ2) is 9.79. The number of fused-ring (bicyclic) bond motifs is 1. The van der Waals surface area contributed by atoms with Gasteiger partial charge in [-0.15, -0.1) is 0 Å². The van der Waals surface area contributed by atoms with Crippen LogP contribution in [0.3, 0.4) is 0 Å². The first-order valence-corrected chi connectivity index (χ1v) is 10.2. The maximum absolute atomic E-state index is 13.3. The number of benzene rings is 1. The van der Waals surface area contributed by atoms with Gasteiger partial charge in [0.2, 0.25) is 0 Å². The van der Waals surface area contributed by atoms with Crippen LogP contribution in [-0.2, 0) is 4.74 Å². The third kappa shape index (κ3) is 4.68. The number of nitrogens with zero attached hydrogens (tertiary/aromatic N) is 5. The number of methoxy groups -OCH3 is 1. The van der Waals surface area contributed by atoms with Crippen molar-refractivity contribution in [3.8, 4) is 17.3 Å². The summed E-state index contributed by atoms with van der Waals surface area (Å²) in [5, 5.41) is 11.6. The maximum atomic E-state index is 13.3. The van der Waals surface area contributed by atoms with Gasteiger partial charge in [0, 0.05) is 30.1 Å². The van der Waals surface area contributed by atoms with Crippen molar-refractivity contribution in [3.05, 3.63) is 78.5 Å². The molecule has 4 aromatic rings. The molecule has 34 heavy (non-hydrogen) atoms. The lowest BCUT2D eigenvalue weighted by molar-refractivity contribution is 0.0987. The fraction of sp³-hybridized carbons (Fsp3) is 0.125. The van der Waals surface area contributed by atoms with Crippen LogP contribution < -0.4 is 10.2 Å². The second-order valence-electron chi connectivity index (χ2n) is 7.18. The fourth-order valence-electron chi connectivity index (χ4n) is 3.38. The van der Waals surface area contributed by atoms with Gasteiger partial charge in [-0.3, -0.25) is 14.5 Å². The van der Waals surface area contributed by atoms with Crippen LogP contribution in [0.1, 0.15) is 16.8 Å². The first-order valence-electron chi connectivity index (χ1n) is 10.2. The number of pyridine rings is 2. The molecule has 170 valence electrons. The molecule has 2 amide bonds. The van der Waals surface area contributed by atoms with Gasteiger partial charge in [-0.05, 0) is 48.5 Å². The molecule has 0 spiro atoms. The molecule has 3 heterocycles. The Bertz CT molecular complexity index is 1380. The molecular formula is C24H19FN6O3. The van der Waals surface area contributed by atoms with E-state index in [0.717, 1.165) is 5.56 Å². The quantitative estimate of drug-likeness (QED) is 0.462. The number of nitriles is 1. The zero-order valence-corrected chi connectivity index (χ0v) is 18.1. The van der Waals surface area contributed by atoms with Crippen LogP contribution in [0.2, 0.25) is 0 Å². The topological polar surface area (TPSA) is 113 Å². The molecule has 0 aliphatic carbocycles. The van der Waals surface area contributed by atoms with Gasteiger partial charge in [-0.1, -0.05) is 0 Å². The van der Waals surface area contributed by atoms with Gasteiger partial charge in [-0.25, -0.2) is 19.2 Å². The zero-order valence-electron chi connectivity index (χ0n) is 18.1. The number of hydrogen-bond donors (Lipinski definition) is 1. The van der Waals surface area contributed by atoms with E-state index < -0.39 is 11.9 Å². The number of carbonyl (C=O) groups is 2. The van der Waals surface area contributed by atoms with Crippen molar-refractivity contribution in [2.45, 2.75) is 6.42 Å². The molecule has 0 radical (unpaired) electrons. The summed E-state index contributed by atoms with van der Waals surface area (Å²) in [5.41, 5.74) is 2.94. The van der Waals surface area contributed by atoms with Crippen LogP contribution in [0.25, 0.3) is 16.9 Å². The summed E-state index contributed by atoms with van der Waals surface area (Å²) in [4.78, 5) is 34.6. The Kier molecular flexibility index (Phi) is 6.45. The van der Waals surface area contributed by atoms with Crippen molar-refractivity contribution in [3.63, 3.8) is 0 Å². The Hall–Kier alpha value is -4.78. The average molecular weight is 458 g/mol. The minimum atomic E-state index is -0.622. The van der Waals surface area contributed by atoms with Gasteiger partial charge in [-0.2, -0.15) is 5.26 Å². The summed E-state index contributed by atoms with van der Waals surface area (Å²) >= 11 is 0. The molecule has 3 aromatic heterocycles. The lowest BCUT2D eigenvalue weighted by Gasteiger charge is -2.22. The number of hydrogen-bond acceptors (Lipinski definition) is 6. The number of halogens is 1. The summed E-state index contributed by atoms with van der Waals surface area (Å²) in [7, 11) is 1.26. The molecule has 0 aliphatic rings. The predicted molar refractivity (Wildman–Crippen MR) is 123 cm³/mol. The van der Waals surface area contributed by atoms with Crippen LogP contribution in [0, 0.1) is 17.1 Å². The Balaban J connectivity index is 1.69. The van der Waals surface area contributed by atoms with Crippen LogP contribution in [-0.4, -0.2) is 40.0 Å². The highest BCUT2D eigenvalue weighted by Crippen LogP contribution is 2.25. The monoisotopic (exact) mass is 458 g/mol. The molecule has 0 saturated carbocycles. The van der Waals surface area contributed by atoms with E-state index in [0.29, 0.717) is 28.4 Å². The molecular weight excluding hydrogens is 439 g/mol. The molecule has 0 fully saturated rings. The van der Waals surface area contributed by atoms with E-state index in [1.54, 1.807) is 47.3 Å². The van der Waals surface area contributed by atoms with E-state index >= 15 is 0 Å².